The number of rotatable bonds is 6. The van der Waals surface area contributed by atoms with E-state index in [2.05, 4.69) is 17.0 Å². The second-order valence-corrected chi connectivity index (χ2v) is 9.54. The van der Waals surface area contributed by atoms with Gasteiger partial charge in [-0.05, 0) is 27.2 Å². The number of methoxy groups -OCH3 is 1. The van der Waals surface area contributed by atoms with Gasteiger partial charge in [-0.2, -0.15) is 10.2 Å². The van der Waals surface area contributed by atoms with E-state index in [1.807, 2.05) is 35.8 Å². The second kappa shape index (κ2) is 9.41. The third-order valence-corrected chi connectivity index (χ3v) is 7.09. The van der Waals surface area contributed by atoms with Gasteiger partial charge in [-0.1, -0.05) is 0 Å². The lowest BCUT2D eigenvalue weighted by Crippen LogP contribution is -2.32. The predicted molar refractivity (Wildman–Crippen MR) is 127 cm³/mol. The largest absolute Gasteiger partial charge is 0.479 e. The minimum Gasteiger partial charge on any atom is -0.479 e. The molecule has 1 amide bonds. The molecule has 0 radical (unpaired) electrons. The molecule has 0 bridgehead atoms. The smallest absolute Gasteiger partial charge is 0.250 e. The third kappa shape index (κ3) is 4.31. The number of hydrogen-bond acceptors (Lipinski definition) is 6. The molecule has 1 fully saturated rings. The summed E-state index contributed by atoms with van der Waals surface area (Å²) in [5, 5.41) is 9.53. The van der Waals surface area contributed by atoms with Crippen molar-refractivity contribution in [2.24, 2.45) is 5.92 Å². The van der Waals surface area contributed by atoms with Gasteiger partial charge in [-0.3, -0.25) is 9.48 Å². The molecule has 2 unspecified atom stereocenters. The van der Waals surface area contributed by atoms with Crippen LogP contribution in [0.4, 0.5) is 4.39 Å². The van der Waals surface area contributed by atoms with Crippen molar-refractivity contribution in [2.75, 3.05) is 26.9 Å². The maximum absolute atomic E-state index is 14.4. The summed E-state index contributed by atoms with van der Waals surface area (Å²) in [6.07, 6.45) is 7.28. The number of halogens is 1. The van der Waals surface area contributed by atoms with Crippen LogP contribution in [-0.2, 0) is 22.4 Å². The molecule has 2 aliphatic heterocycles. The molecule has 1 saturated heterocycles. The highest BCUT2D eigenvalue weighted by Crippen LogP contribution is 2.33. The average molecular weight is 483 g/mol. The van der Waals surface area contributed by atoms with Crippen molar-refractivity contribution in [3.63, 3.8) is 0 Å². The normalized spacial score (nSPS) is 19.2. The Hall–Kier alpha value is -3.27. The van der Waals surface area contributed by atoms with Crippen molar-refractivity contribution in [3.05, 3.63) is 41.7 Å². The molecule has 2 aliphatic rings. The molecule has 0 aliphatic carbocycles. The first-order valence-corrected chi connectivity index (χ1v) is 12.1. The van der Waals surface area contributed by atoms with E-state index in [-0.39, 0.29) is 29.8 Å². The van der Waals surface area contributed by atoms with E-state index in [0.717, 1.165) is 29.1 Å². The van der Waals surface area contributed by atoms with Crippen LogP contribution in [0.1, 0.15) is 44.5 Å². The Bertz CT molecular complexity index is 1240. The number of ether oxygens (including phenoxy) is 2. The van der Waals surface area contributed by atoms with Gasteiger partial charge in [0, 0.05) is 54.7 Å². The van der Waals surface area contributed by atoms with Crippen LogP contribution in [-0.4, -0.2) is 68.3 Å². The van der Waals surface area contributed by atoms with Crippen molar-refractivity contribution in [1.29, 1.82) is 0 Å². The molecule has 0 aromatic carbocycles. The van der Waals surface area contributed by atoms with E-state index in [0.29, 0.717) is 38.2 Å². The van der Waals surface area contributed by atoms with Crippen LogP contribution in [0.2, 0.25) is 0 Å². The molecule has 3 aromatic heterocycles. The van der Waals surface area contributed by atoms with Gasteiger partial charge in [-0.25, -0.2) is 14.1 Å². The standard InChI is InChI=1S/C25H31FN6O3/c1-15(2)30-13-17(9-23(30)33)16(3)31-14-18(11-28-31)24-20-5-7-35-8-6-22(20)32(29-24)19-10-21(26)25(34-4)27-12-19/h10-12,14-17H,5-9,13H2,1-4H3. The van der Waals surface area contributed by atoms with Crippen LogP contribution >= 0.6 is 0 Å². The lowest BCUT2D eigenvalue weighted by atomic mass is 10.0. The molecule has 10 heteroatoms. The second-order valence-electron chi connectivity index (χ2n) is 9.54. The molecule has 3 aromatic rings. The number of amides is 1. The molecule has 5 heterocycles. The summed E-state index contributed by atoms with van der Waals surface area (Å²) in [4.78, 5) is 18.4. The summed E-state index contributed by atoms with van der Waals surface area (Å²) in [5.41, 5.74) is 4.30. The highest BCUT2D eigenvalue weighted by molar-refractivity contribution is 5.79. The topological polar surface area (TPSA) is 87.3 Å². The lowest BCUT2D eigenvalue weighted by Gasteiger charge is -2.23. The van der Waals surface area contributed by atoms with Gasteiger partial charge in [0.15, 0.2) is 5.82 Å². The zero-order valence-electron chi connectivity index (χ0n) is 20.6. The Morgan fingerprint density at radius 1 is 1.20 bits per heavy atom. The van der Waals surface area contributed by atoms with E-state index in [1.54, 1.807) is 10.9 Å². The van der Waals surface area contributed by atoms with Crippen LogP contribution < -0.4 is 4.74 Å². The van der Waals surface area contributed by atoms with Crippen LogP contribution in [0, 0.1) is 11.7 Å². The zero-order chi connectivity index (χ0) is 24.7. The van der Waals surface area contributed by atoms with Gasteiger partial charge in [0.1, 0.15) is 0 Å². The Balaban J connectivity index is 1.48. The van der Waals surface area contributed by atoms with E-state index in [9.17, 15) is 9.18 Å². The van der Waals surface area contributed by atoms with E-state index in [4.69, 9.17) is 14.6 Å². The molecule has 0 N–H and O–H groups in total. The van der Waals surface area contributed by atoms with Gasteiger partial charge in [0.25, 0.3) is 0 Å². The first kappa shape index (κ1) is 23.5. The SMILES string of the molecule is COc1ncc(-n2nc(-c3cnn(C(C)C4CC(=O)N(C(C)C)C4)c3)c3c2CCOCC3)cc1F. The summed E-state index contributed by atoms with van der Waals surface area (Å²) >= 11 is 0. The van der Waals surface area contributed by atoms with Crippen molar-refractivity contribution < 1.29 is 18.7 Å². The summed E-state index contributed by atoms with van der Waals surface area (Å²) in [6, 6.07) is 1.66. The van der Waals surface area contributed by atoms with E-state index < -0.39 is 5.82 Å². The Kier molecular flexibility index (Phi) is 6.31. The highest BCUT2D eigenvalue weighted by atomic mass is 19.1. The Morgan fingerprint density at radius 2 is 2.00 bits per heavy atom. The molecular formula is C25H31FN6O3. The molecular weight excluding hydrogens is 451 g/mol. The summed E-state index contributed by atoms with van der Waals surface area (Å²) in [6.45, 7) is 8.12. The van der Waals surface area contributed by atoms with Crippen molar-refractivity contribution in [1.82, 2.24) is 29.4 Å². The maximum atomic E-state index is 14.4. The highest BCUT2D eigenvalue weighted by Gasteiger charge is 2.35. The van der Waals surface area contributed by atoms with Crippen molar-refractivity contribution in [2.45, 2.75) is 52.1 Å². The Labute approximate surface area is 203 Å². The summed E-state index contributed by atoms with van der Waals surface area (Å²) in [5.74, 6) is -0.182. The van der Waals surface area contributed by atoms with Crippen LogP contribution in [0.25, 0.3) is 16.9 Å². The average Bonchev–Trinajstić information content (AvgIpc) is 3.51. The number of fused-ring (bicyclic) bond motifs is 1. The van der Waals surface area contributed by atoms with E-state index in [1.165, 1.54) is 13.2 Å². The molecule has 2 atom stereocenters. The van der Waals surface area contributed by atoms with Crippen molar-refractivity contribution >= 4 is 5.91 Å². The van der Waals surface area contributed by atoms with Gasteiger partial charge in [0.2, 0.25) is 11.8 Å². The number of aromatic nitrogens is 5. The number of nitrogens with zero attached hydrogens (tertiary/aromatic N) is 6. The fourth-order valence-electron chi connectivity index (χ4n) is 5.06. The molecule has 0 saturated carbocycles. The third-order valence-electron chi connectivity index (χ3n) is 7.09. The van der Waals surface area contributed by atoms with Gasteiger partial charge < -0.3 is 14.4 Å². The fraction of sp³-hybridized carbons (Fsp3) is 0.520. The zero-order valence-corrected chi connectivity index (χ0v) is 20.6. The lowest BCUT2D eigenvalue weighted by molar-refractivity contribution is -0.129. The van der Waals surface area contributed by atoms with Crippen LogP contribution in [0.15, 0.2) is 24.7 Å². The number of hydrogen-bond donors (Lipinski definition) is 0. The van der Waals surface area contributed by atoms with Gasteiger partial charge >= 0.3 is 0 Å². The van der Waals surface area contributed by atoms with Crippen LogP contribution in [0.3, 0.4) is 0 Å². The monoisotopic (exact) mass is 482 g/mol. The molecule has 5 rings (SSSR count). The molecule has 186 valence electrons. The van der Waals surface area contributed by atoms with Crippen LogP contribution in [0.5, 0.6) is 5.88 Å². The number of carbonyl (C=O) groups is 1. The van der Waals surface area contributed by atoms with Crippen molar-refractivity contribution in [3.8, 4) is 22.8 Å². The van der Waals surface area contributed by atoms with Gasteiger partial charge in [0.05, 0.1) is 55.8 Å². The maximum Gasteiger partial charge on any atom is 0.250 e. The molecule has 35 heavy (non-hydrogen) atoms. The fourth-order valence-corrected chi connectivity index (χ4v) is 5.06. The quantitative estimate of drug-likeness (QED) is 0.536. The Morgan fingerprint density at radius 3 is 2.71 bits per heavy atom. The minimum atomic E-state index is -0.538. The number of carbonyl (C=O) groups excluding carboxylic acids is 1. The first-order valence-electron chi connectivity index (χ1n) is 12.1. The van der Waals surface area contributed by atoms with E-state index >= 15 is 0 Å². The minimum absolute atomic E-state index is 0.0488. The predicted octanol–water partition coefficient (Wildman–Crippen LogP) is 3.21. The molecule has 0 spiro atoms. The summed E-state index contributed by atoms with van der Waals surface area (Å²) in [7, 11) is 1.39. The summed E-state index contributed by atoms with van der Waals surface area (Å²) < 4.78 is 28.8. The number of pyridine rings is 1. The van der Waals surface area contributed by atoms with Gasteiger partial charge in [-0.15, -0.1) is 0 Å². The number of likely N-dealkylation sites (tertiary alicyclic amines) is 1. The first-order chi connectivity index (χ1) is 16.9. The molecule has 9 nitrogen and oxygen atoms in total.